The number of carbonyl (C=O) groups excluding carboxylic acids is 3. The Kier molecular flexibility index (Phi) is 7.92. The third kappa shape index (κ3) is 5.53. The molecule has 3 amide bonds. The fourth-order valence-corrected chi connectivity index (χ4v) is 5.30. The van der Waals surface area contributed by atoms with Gasteiger partial charge >= 0.3 is 0 Å². The lowest BCUT2D eigenvalue weighted by Crippen LogP contribution is -2.47. The maximum absolute atomic E-state index is 14.1. The third-order valence-electron chi connectivity index (χ3n) is 7.35. The van der Waals surface area contributed by atoms with Crippen molar-refractivity contribution < 1.29 is 14.4 Å². The summed E-state index contributed by atoms with van der Waals surface area (Å²) in [6, 6.07) is 14.8. The molecule has 3 N–H and O–H groups in total. The summed E-state index contributed by atoms with van der Waals surface area (Å²) in [6.07, 6.45) is 5.78. The fourth-order valence-electron chi connectivity index (χ4n) is 5.30. The lowest BCUT2D eigenvalue weighted by Gasteiger charge is -2.30. The topological polar surface area (TPSA) is 92.5 Å². The summed E-state index contributed by atoms with van der Waals surface area (Å²) in [4.78, 5) is 42.0. The molecule has 3 unspecified atom stereocenters. The van der Waals surface area contributed by atoms with Crippen LogP contribution in [0.1, 0.15) is 57.6 Å². The van der Waals surface area contributed by atoms with Gasteiger partial charge in [0.15, 0.2) is 0 Å². The van der Waals surface area contributed by atoms with Crippen LogP contribution in [0.3, 0.4) is 0 Å². The SMILES string of the molecule is C=CCC(C(N)=O)C(CC(C)C)C(=O)NC1C(=O)N(CCC2CC2)c2ccccc2-c2ccccc21. The Labute approximate surface area is 213 Å². The van der Waals surface area contributed by atoms with E-state index in [-0.39, 0.29) is 17.7 Å². The molecule has 2 aliphatic rings. The molecule has 1 saturated carbocycles. The molecule has 0 aromatic heterocycles. The molecule has 0 spiro atoms. The largest absolute Gasteiger partial charge is 0.369 e. The number of benzene rings is 2. The standard InChI is InChI=1S/C30H37N3O3/c1-4-9-24(28(31)34)25(18-19(2)3)29(35)32-27-23-12-6-5-10-21(23)22-11-7-8-13-26(22)33(30(27)36)17-16-20-14-15-20/h4-8,10-13,19-20,24-25,27H,1,9,14-18H2,2-3H3,(H2,31,34)(H,32,35). The number of allylic oxidation sites excluding steroid dienone is 1. The third-order valence-corrected chi connectivity index (χ3v) is 7.35. The number of carbonyl (C=O) groups is 3. The first-order valence-electron chi connectivity index (χ1n) is 13.0. The molecule has 36 heavy (non-hydrogen) atoms. The van der Waals surface area contributed by atoms with Crippen molar-refractivity contribution in [1.29, 1.82) is 0 Å². The van der Waals surface area contributed by atoms with Gasteiger partial charge in [-0.1, -0.05) is 75.2 Å². The molecule has 0 radical (unpaired) electrons. The van der Waals surface area contributed by atoms with Crippen molar-refractivity contribution in [3.8, 4) is 11.1 Å². The molecular weight excluding hydrogens is 450 g/mol. The van der Waals surface area contributed by atoms with Crippen molar-refractivity contribution in [2.24, 2.45) is 29.4 Å². The second kappa shape index (κ2) is 11.1. The van der Waals surface area contributed by atoms with E-state index in [0.717, 1.165) is 28.8 Å². The highest BCUT2D eigenvalue weighted by atomic mass is 16.2. The van der Waals surface area contributed by atoms with Crippen LogP contribution in [0.4, 0.5) is 5.69 Å². The van der Waals surface area contributed by atoms with Crippen LogP contribution in [0, 0.1) is 23.7 Å². The predicted octanol–water partition coefficient (Wildman–Crippen LogP) is 5.00. The van der Waals surface area contributed by atoms with E-state index >= 15 is 0 Å². The predicted molar refractivity (Wildman–Crippen MR) is 143 cm³/mol. The van der Waals surface area contributed by atoms with Gasteiger partial charge in [0.1, 0.15) is 6.04 Å². The van der Waals surface area contributed by atoms with Crippen LogP contribution in [-0.2, 0) is 14.4 Å². The van der Waals surface area contributed by atoms with Crippen LogP contribution in [0.5, 0.6) is 0 Å². The van der Waals surface area contributed by atoms with Gasteiger partial charge < -0.3 is 16.0 Å². The molecule has 0 bridgehead atoms. The highest BCUT2D eigenvalue weighted by Crippen LogP contribution is 2.41. The van der Waals surface area contributed by atoms with E-state index in [9.17, 15) is 14.4 Å². The molecule has 2 aromatic carbocycles. The van der Waals surface area contributed by atoms with E-state index in [1.54, 1.807) is 6.08 Å². The quantitative estimate of drug-likeness (QED) is 0.437. The molecule has 2 aromatic rings. The summed E-state index contributed by atoms with van der Waals surface area (Å²) in [5, 5.41) is 3.06. The van der Waals surface area contributed by atoms with Gasteiger partial charge in [-0.25, -0.2) is 0 Å². The number of nitrogens with one attached hydrogen (secondary N) is 1. The Balaban J connectivity index is 1.73. The van der Waals surface area contributed by atoms with Gasteiger partial charge in [0.05, 0.1) is 17.5 Å². The van der Waals surface area contributed by atoms with Crippen molar-refractivity contribution in [3.05, 3.63) is 66.7 Å². The van der Waals surface area contributed by atoms with Crippen LogP contribution < -0.4 is 16.0 Å². The molecule has 4 rings (SSSR count). The Morgan fingerprint density at radius 3 is 2.39 bits per heavy atom. The number of nitrogens with zero attached hydrogens (tertiary/aromatic N) is 1. The number of fused-ring (bicyclic) bond motifs is 3. The fraction of sp³-hybridized carbons (Fsp3) is 0.433. The molecule has 3 atom stereocenters. The van der Waals surface area contributed by atoms with Gasteiger partial charge in [0.2, 0.25) is 11.8 Å². The van der Waals surface area contributed by atoms with Gasteiger partial charge in [-0.3, -0.25) is 14.4 Å². The number of primary amides is 1. The van der Waals surface area contributed by atoms with Crippen LogP contribution in [0.15, 0.2) is 61.2 Å². The smallest absolute Gasteiger partial charge is 0.254 e. The molecule has 1 fully saturated rings. The lowest BCUT2D eigenvalue weighted by atomic mass is 9.82. The Morgan fingerprint density at radius 2 is 1.75 bits per heavy atom. The molecule has 1 aliphatic heterocycles. The van der Waals surface area contributed by atoms with Gasteiger partial charge in [-0.15, -0.1) is 6.58 Å². The van der Waals surface area contributed by atoms with Crippen molar-refractivity contribution in [3.63, 3.8) is 0 Å². The number of amides is 3. The highest BCUT2D eigenvalue weighted by Gasteiger charge is 2.39. The molecule has 6 heteroatoms. The van der Waals surface area contributed by atoms with Crippen LogP contribution in [0.25, 0.3) is 11.1 Å². The van der Waals surface area contributed by atoms with E-state index < -0.39 is 23.8 Å². The van der Waals surface area contributed by atoms with Crippen LogP contribution in [-0.4, -0.2) is 24.3 Å². The lowest BCUT2D eigenvalue weighted by molar-refractivity contribution is -0.135. The molecular formula is C30H37N3O3. The molecule has 0 saturated heterocycles. The summed E-state index contributed by atoms with van der Waals surface area (Å²) in [7, 11) is 0. The van der Waals surface area contributed by atoms with Gasteiger partial charge in [0.25, 0.3) is 5.91 Å². The molecule has 1 heterocycles. The number of rotatable bonds is 11. The zero-order valence-corrected chi connectivity index (χ0v) is 21.3. The second-order valence-corrected chi connectivity index (χ2v) is 10.5. The normalized spacial score (nSPS) is 18.6. The summed E-state index contributed by atoms with van der Waals surface area (Å²) in [6.45, 7) is 8.37. The first-order chi connectivity index (χ1) is 17.3. The Bertz CT molecular complexity index is 1140. The first-order valence-corrected chi connectivity index (χ1v) is 13.0. The maximum atomic E-state index is 14.1. The summed E-state index contributed by atoms with van der Waals surface area (Å²) in [5.41, 5.74) is 9.25. The van der Waals surface area contributed by atoms with Crippen molar-refractivity contribution in [1.82, 2.24) is 5.32 Å². The highest BCUT2D eigenvalue weighted by molar-refractivity contribution is 6.06. The molecule has 6 nitrogen and oxygen atoms in total. The van der Waals surface area contributed by atoms with Crippen molar-refractivity contribution >= 4 is 23.4 Å². The van der Waals surface area contributed by atoms with E-state index in [1.807, 2.05) is 67.3 Å². The van der Waals surface area contributed by atoms with E-state index in [0.29, 0.717) is 25.3 Å². The van der Waals surface area contributed by atoms with E-state index in [4.69, 9.17) is 5.73 Å². The Hall–Kier alpha value is -3.41. The monoisotopic (exact) mass is 487 g/mol. The zero-order valence-electron chi connectivity index (χ0n) is 21.3. The van der Waals surface area contributed by atoms with Crippen LogP contribution >= 0.6 is 0 Å². The Morgan fingerprint density at radius 1 is 1.08 bits per heavy atom. The number of hydrogen-bond donors (Lipinski definition) is 2. The summed E-state index contributed by atoms with van der Waals surface area (Å²) >= 11 is 0. The number of anilines is 1. The van der Waals surface area contributed by atoms with Gasteiger partial charge in [0, 0.05) is 12.1 Å². The summed E-state index contributed by atoms with van der Waals surface area (Å²) < 4.78 is 0. The minimum Gasteiger partial charge on any atom is -0.369 e. The first kappa shape index (κ1) is 25.7. The van der Waals surface area contributed by atoms with Crippen LogP contribution in [0.2, 0.25) is 0 Å². The molecule has 190 valence electrons. The van der Waals surface area contributed by atoms with Gasteiger partial charge in [-0.2, -0.15) is 0 Å². The number of para-hydroxylation sites is 1. The maximum Gasteiger partial charge on any atom is 0.254 e. The summed E-state index contributed by atoms with van der Waals surface area (Å²) in [5.74, 6) is -1.49. The second-order valence-electron chi connectivity index (χ2n) is 10.5. The minimum absolute atomic E-state index is 0.149. The average molecular weight is 488 g/mol. The van der Waals surface area contributed by atoms with Crippen molar-refractivity contribution in [2.75, 3.05) is 11.4 Å². The number of hydrogen-bond acceptors (Lipinski definition) is 3. The number of nitrogens with two attached hydrogens (primary N) is 1. The van der Waals surface area contributed by atoms with Crippen molar-refractivity contribution in [2.45, 2.75) is 52.0 Å². The molecule has 1 aliphatic carbocycles. The van der Waals surface area contributed by atoms with E-state index in [2.05, 4.69) is 11.9 Å². The average Bonchev–Trinajstić information content (AvgIpc) is 3.69. The minimum atomic E-state index is -0.854. The van der Waals surface area contributed by atoms with E-state index in [1.165, 1.54) is 12.8 Å². The zero-order chi connectivity index (χ0) is 25.8. The van der Waals surface area contributed by atoms with Gasteiger partial charge in [-0.05, 0) is 48.3 Å².